The first-order chi connectivity index (χ1) is 19.8. The van der Waals surface area contributed by atoms with Crippen molar-refractivity contribution in [3.8, 4) is 0 Å². The van der Waals surface area contributed by atoms with Gasteiger partial charge < -0.3 is 30.4 Å². The number of ether oxygens (including phenoxy) is 3. The van der Waals surface area contributed by atoms with Crippen molar-refractivity contribution in [2.45, 2.75) is 85.0 Å². The van der Waals surface area contributed by atoms with Gasteiger partial charge in [0.2, 0.25) is 11.6 Å². The third-order valence-electron chi connectivity index (χ3n) is 7.71. The van der Waals surface area contributed by atoms with Gasteiger partial charge in [0.1, 0.15) is 6.10 Å². The van der Waals surface area contributed by atoms with Crippen molar-refractivity contribution in [1.82, 2.24) is 5.32 Å². The second kappa shape index (κ2) is 16.2. The van der Waals surface area contributed by atoms with E-state index in [2.05, 4.69) is 12.2 Å². The zero-order valence-corrected chi connectivity index (χ0v) is 25.8. The van der Waals surface area contributed by atoms with E-state index in [0.717, 1.165) is 24.5 Å². The highest BCUT2D eigenvalue weighted by Gasteiger charge is 2.34. The minimum atomic E-state index is -0.923. The molecular weight excluding hydrogens is 540 g/mol. The first-order valence-electron chi connectivity index (χ1n) is 14.4. The van der Waals surface area contributed by atoms with Gasteiger partial charge in [-0.05, 0) is 44.6 Å². The van der Waals surface area contributed by atoms with Crippen LogP contribution in [0.3, 0.4) is 0 Å². The van der Waals surface area contributed by atoms with Crippen molar-refractivity contribution < 1.29 is 38.5 Å². The molecule has 0 aromatic heterocycles. The molecule has 0 saturated carbocycles. The number of primary amides is 1. The van der Waals surface area contributed by atoms with Crippen molar-refractivity contribution in [3.05, 3.63) is 58.6 Å². The number of nitrogens with two attached hydrogens (primary N) is 1. The number of nitrogens with one attached hydrogen (secondary N) is 1. The van der Waals surface area contributed by atoms with E-state index < -0.39 is 41.9 Å². The molecule has 1 unspecified atom stereocenters. The molecule has 0 saturated heterocycles. The van der Waals surface area contributed by atoms with Crippen LogP contribution in [0.15, 0.2) is 58.6 Å². The molecule has 0 spiro atoms. The summed E-state index contributed by atoms with van der Waals surface area (Å²) in [4.78, 5) is 51.1. The van der Waals surface area contributed by atoms with Crippen molar-refractivity contribution in [2.24, 2.45) is 23.5 Å². The van der Waals surface area contributed by atoms with E-state index in [4.69, 9.17) is 19.9 Å². The molecule has 10 heteroatoms. The molecule has 1 aliphatic heterocycles. The summed E-state index contributed by atoms with van der Waals surface area (Å²) < 4.78 is 16.5. The third kappa shape index (κ3) is 9.25. The monoisotopic (exact) mass is 586 g/mol. The van der Waals surface area contributed by atoms with Crippen LogP contribution in [0.2, 0.25) is 0 Å². The Balaban J connectivity index is 2.63. The lowest BCUT2D eigenvalue weighted by Crippen LogP contribution is -2.36. The highest BCUT2D eigenvalue weighted by atomic mass is 16.6. The van der Waals surface area contributed by atoms with E-state index in [-0.39, 0.29) is 41.2 Å². The molecule has 10 nitrogen and oxygen atoms in total. The van der Waals surface area contributed by atoms with Gasteiger partial charge in [0, 0.05) is 36.2 Å². The molecule has 2 amide bonds. The van der Waals surface area contributed by atoms with Gasteiger partial charge in [0.05, 0.1) is 25.0 Å². The number of allylic oxidation sites excluding steroid dienone is 4. The van der Waals surface area contributed by atoms with Crippen molar-refractivity contribution in [3.63, 3.8) is 0 Å². The number of carbonyl (C=O) groups is 4. The smallest absolute Gasteiger partial charge is 0.405 e. The van der Waals surface area contributed by atoms with Gasteiger partial charge in [-0.25, -0.2) is 4.79 Å². The lowest BCUT2D eigenvalue weighted by Gasteiger charge is -2.30. The van der Waals surface area contributed by atoms with E-state index in [1.165, 1.54) is 14.2 Å². The maximum absolute atomic E-state index is 13.4. The van der Waals surface area contributed by atoms with E-state index >= 15 is 0 Å². The molecular formula is C32H46N2O8. The summed E-state index contributed by atoms with van der Waals surface area (Å²) in [7, 11) is 2.83. The van der Waals surface area contributed by atoms with Crippen LogP contribution in [0.4, 0.5) is 4.79 Å². The van der Waals surface area contributed by atoms with Crippen LogP contribution in [0.25, 0.3) is 0 Å². The zero-order valence-electron chi connectivity index (χ0n) is 25.8. The largest absolute Gasteiger partial charge is 0.492 e. The van der Waals surface area contributed by atoms with Crippen LogP contribution in [0.1, 0.15) is 66.7 Å². The number of hydrogen-bond donors (Lipinski definition) is 3. The number of amides is 2. The van der Waals surface area contributed by atoms with Gasteiger partial charge in [0.25, 0.3) is 5.91 Å². The summed E-state index contributed by atoms with van der Waals surface area (Å²) in [5, 5.41) is 13.8. The minimum absolute atomic E-state index is 0.0639. The maximum Gasteiger partial charge on any atom is 0.405 e. The predicted molar refractivity (Wildman–Crippen MR) is 159 cm³/mol. The summed E-state index contributed by atoms with van der Waals surface area (Å²) in [5.74, 6) is -2.47. The molecule has 2 bridgehead atoms. The molecule has 0 aromatic carbocycles. The number of rotatable bonds is 6. The molecule has 0 aromatic rings. The molecule has 0 fully saturated rings. The Kier molecular flexibility index (Phi) is 13.4. The van der Waals surface area contributed by atoms with Crippen LogP contribution < -0.4 is 11.1 Å². The average molecular weight is 587 g/mol. The lowest BCUT2D eigenvalue weighted by molar-refractivity contribution is -0.120. The van der Waals surface area contributed by atoms with Gasteiger partial charge in [-0.2, -0.15) is 0 Å². The highest BCUT2D eigenvalue weighted by molar-refractivity contribution is 6.23. The Morgan fingerprint density at radius 1 is 1.17 bits per heavy atom. The second-order valence-corrected chi connectivity index (χ2v) is 11.2. The number of aliphatic hydroxyl groups excluding tert-OH is 1. The fourth-order valence-electron chi connectivity index (χ4n) is 5.40. The number of methoxy groups -OCH3 is 2. The third-order valence-corrected chi connectivity index (χ3v) is 7.71. The molecule has 232 valence electrons. The van der Waals surface area contributed by atoms with Crippen LogP contribution in [-0.2, 0) is 28.6 Å². The van der Waals surface area contributed by atoms with Crippen LogP contribution in [0.5, 0.6) is 0 Å². The summed E-state index contributed by atoms with van der Waals surface area (Å²) in [6, 6.07) is 0. The first kappa shape index (κ1) is 34.7. The van der Waals surface area contributed by atoms with Gasteiger partial charge >= 0.3 is 6.09 Å². The summed E-state index contributed by atoms with van der Waals surface area (Å²) in [5.41, 5.74) is 6.51. The fourth-order valence-corrected chi connectivity index (χ4v) is 5.40. The fraction of sp³-hybridized carbons (Fsp3) is 0.562. The van der Waals surface area contributed by atoms with Gasteiger partial charge in [-0.1, -0.05) is 57.9 Å². The highest BCUT2D eigenvalue weighted by Crippen LogP contribution is 2.30. The van der Waals surface area contributed by atoms with Crippen LogP contribution in [-0.4, -0.2) is 61.2 Å². The molecule has 2 aliphatic rings. The topological polar surface area (TPSA) is 154 Å². The Labute approximate surface area is 248 Å². The number of Topliss-reactive ketones (excluding diaryl/α,β-unsaturated/α-hetero) is 1. The Morgan fingerprint density at radius 3 is 2.45 bits per heavy atom. The normalized spacial score (nSPS) is 31.7. The quantitative estimate of drug-likeness (QED) is 0.309. The number of ketones is 2. The van der Waals surface area contributed by atoms with Crippen molar-refractivity contribution in [1.29, 1.82) is 0 Å². The predicted octanol–water partition coefficient (Wildman–Crippen LogP) is 4.20. The Morgan fingerprint density at radius 2 is 1.86 bits per heavy atom. The van der Waals surface area contributed by atoms with Crippen molar-refractivity contribution in [2.75, 3.05) is 14.2 Å². The number of fused-ring (bicyclic) bond motifs is 2. The molecule has 0 radical (unpaired) electrons. The molecule has 2 rings (SSSR count). The molecule has 42 heavy (non-hydrogen) atoms. The first-order valence-corrected chi connectivity index (χ1v) is 14.4. The summed E-state index contributed by atoms with van der Waals surface area (Å²) in [6.07, 6.45) is 7.95. The summed E-state index contributed by atoms with van der Waals surface area (Å²) in [6.45, 7) is 9.21. The van der Waals surface area contributed by atoms with Gasteiger partial charge in [-0.3, -0.25) is 14.4 Å². The minimum Gasteiger partial charge on any atom is -0.492 e. The Bertz CT molecular complexity index is 1180. The van der Waals surface area contributed by atoms with E-state index in [9.17, 15) is 24.3 Å². The maximum atomic E-state index is 13.4. The van der Waals surface area contributed by atoms with E-state index in [1.807, 2.05) is 32.9 Å². The van der Waals surface area contributed by atoms with Crippen LogP contribution >= 0.6 is 0 Å². The van der Waals surface area contributed by atoms with E-state index in [0.29, 0.717) is 18.4 Å². The molecule has 6 atom stereocenters. The zero-order chi connectivity index (χ0) is 31.6. The number of hydrogen-bond acceptors (Lipinski definition) is 8. The van der Waals surface area contributed by atoms with Crippen LogP contribution in [0, 0.1) is 17.8 Å². The average Bonchev–Trinajstić information content (AvgIpc) is 2.93. The Hall–Kier alpha value is -3.50. The van der Waals surface area contributed by atoms with Gasteiger partial charge in [-0.15, -0.1) is 0 Å². The molecule has 1 aliphatic carbocycles. The lowest BCUT2D eigenvalue weighted by atomic mass is 9.85. The number of carbonyl (C=O) groups excluding carboxylic acids is 4. The summed E-state index contributed by atoms with van der Waals surface area (Å²) >= 11 is 0. The second-order valence-electron chi connectivity index (χ2n) is 11.2. The number of unbranched alkanes of at least 4 members (excludes halogenated alkanes) is 1. The molecule has 1 heterocycles. The SMILES string of the molecule is CCCC[C@H]1/C=C\C=C(/C)C(=O)NC2=CC(=O)C(OC)=C(C[C@@H](C)C[C@H](OC)[C@H](O)[C@@H](C)/C=C(\C)C1OC(N)=O)C2=O. The van der Waals surface area contributed by atoms with Gasteiger partial charge in [0.15, 0.2) is 5.76 Å². The standard InChI is InChI=1S/C32H46N2O8/c1-8-9-12-22-13-10-11-19(3)31(38)34-24-17-25(35)30(41-7)23(28(24)37)14-18(2)15-26(40-6)27(36)20(4)16-21(5)29(22)42-32(33)39/h10-11,13,16-18,20,22,26-27,29,36H,8-9,12,14-15H2,1-7H3,(H2,33,39)(H,34,38)/b13-10-,19-11+,21-16+/t18-,20+,22+,26+,27-,29?/m1/s1. The molecule has 4 N–H and O–H groups in total. The van der Waals surface area contributed by atoms with E-state index in [1.54, 1.807) is 19.1 Å². The number of aliphatic hydroxyl groups is 1. The van der Waals surface area contributed by atoms with Crippen molar-refractivity contribution >= 4 is 23.6 Å².